The molecule has 1 aliphatic rings. The Hall–Kier alpha value is -5.54. The van der Waals surface area contributed by atoms with E-state index in [9.17, 15) is 29.1 Å². The van der Waals surface area contributed by atoms with Crippen LogP contribution in [0.2, 0.25) is 0 Å². The number of ether oxygens (including phenoxy) is 1. The number of aliphatic hydroxyl groups is 1. The average molecular weight is 801 g/mol. The lowest BCUT2D eigenvalue weighted by Gasteiger charge is -2.36. The van der Waals surface area contributed by atoms with E-state index in [0.717, 1.165) is 22.5 Å². The average Bonchev–Trinajstić information content (AvgIpc) is 3.51. The summed E-state index contributed by atoms with van der Waals surface area (Å²) in [6, 6.07) is 19.2. The molecule has 0 radical (unpaired) electrons. The van der Waals surface area contributed by atoms with Crippen molar-refractivity contribution in [3.63, 3.8) is 0 Å². The summed E-state index contributed by atoms with van der Waals surface area (Å²) in [5.74, 6) is -1.36. The summed E-state index contributed by atoms with van der Waals surface area (Å²) in [4.78, 5) is 74.0. The number of hydrogen-bond acceptors (Lipinski definition) is 9. The second-order valence-electron chi connectivity index (χ2n) is 16.0. The first-order valence-electron chi connectivity index (χ1n) is 19.8. The third-order valence-corrected chi connectivity index (χ3v) is 10.2. The number of urea groups is 1. The number of carbonyl (C=O) groups excluding carboxylic acids is 5. The predicted octanol–water partition coefficient (Wildman–Crippen LogP) is 4.39. The number of nitrogens with one attached hydrogen (secondary N) is 4. The monoisotopic (exact) mass is 800 g/mol. The fraction of sp³-hybridized carbons (Fsp3) is 0.488. The van der Waals surface area contributed by atoms with Gasteiger partial charge in [0.25, 0.3) is 5.91 Å². The highest BCUT2D eigenvalue weighted by molar-refractivity contribution is 5.89. The number of aromatic nitrogens is 1. The number of nitrogens with zero attached hydrogens (tertiary/aromatic N) is 4. The second kappa shape index (κ2) is 20.8. The predicted molar refractivity (Wildman–Crippen MR) is 221 cm³/mol. The van der Waals surface area contributed by atoms with Crippen LogP contribution in [0, 0.1) is 18.3 Å². The molecule has 4 rings (SSSR count). The minimum atomic E-state index is -1.24. The highest BCUT2D eigenvalue weighted by Crippen LogP contribution is 2.24. The Morgan fingerprint density at radius 3 is 2.22 bits per heavy atom. The van der Waals surface area contributed by atoms with Gasteiger partial charge in [-0.1, -0.05) is 89.6 Å². The number of anilines is 1. The quantitative estimate of drug-likeness (QED) is 0.116. The summed E-state index contributed by atoms with van der Waals surface area (Å²) in [6.07, 6.45) is -1.13. The standard InChI is InChI=1S/C43H60N8O7/c1-9-28(2)37(51-23-22-49(42(51)57)26-34-17-13-14-29(3)44-34)39(54)46-35(24-31-15-11-10-12-16-31)36(53)27-50(25-32-18-20-33(21-19-32)45-30(4)52)48-40(55)38(43(5,6)7)47-41(56)58-8/h10-21,28,35-38,53H,9,22-27H2,1-8H3,(H,45,52)(H,46,54)(H,47,56)(H,48,55). The molecule has 0 bridgehead atoms. The first-order chi connectivity index (χ1) is 27.5. The number of amides is 6. The van der Waals surface area contributed by atoms with E-state index in [1.807, 2.05) is 69.3 Å². The summed E-state index contributed by atoms with van der Waals surface area (Å²) in [5.41, 5.74) is 5.99. The van der Waals surface area contributed by atoms with Gasteiger partial charge in [-0.3, -0.25) is 24.8 Å². The Bertz CT molecular complexity index is 1850. The molecular weight excluding hydrogens is 741 g/mol. The number of hydrogen-bond donors (Lipinski definition) is 5. The van der Waals surface area contributed by atoms with Crippen LogP contribution in [-0.4, -0.2) is 106 Å². The van der Waals surface area contributed by atoms with Gasteiger partial charge >= 0.3 is 12.1 Å². The lowest BCUT2D eigenvalue weighted by Crippen LogP contribution is -2.60. The van der Waals surface area contributed by atoms with Gasteiger partial charge in [-0.25, -0.2) is 14.6 Å². The van der Waals surface area contributed by atoms with Crippen molar-refractivity contribution in [1.82, 2.24) is 35.9 Å². The molecule has 2 aromatic carbocycles. The van der Waals surface area contributed by atoms with E-state index in [-0.39, 0.29) is 37.4 Å². The van der Waals surface area contributed by atoms with Gasteiger partial charge < -0.3 is 35.6 Å². The number of alkyl carbamates (subject to hydrolysis) is 1. The Kier molecular flexibility index (Phi) is 16.2. The van der Waals surface area contributed by atoms with Gasteiger partial charge in [0, 0.05) is 44.5 Å². The van der Waals surface area contributed by atoms with Gasteiger partial charge in [-0.15, -0.1) is 0 Å². The molecule has 5 unspecified atom stereocenters. The van der Waals surface area contributed by atoms with Crippen LogP contribution >= 0.6 is 0 Å². The molecule has 1 aliphatic heterocycles. The van der Waals surface area contributed by atoms with Crippen molar-refractivity contribution in [2.75, 3.05) is 32.1 Å². The molecule has 5 atom stereocenters. The molecule has 15 nitrogen and oxygen atoms in total. The van der Waals surface area contributed by atoms with E-state index in [4.69, 9.17) is 4.74 Å². The number of aliphatic hydroxyl groups excluding tert-OH is 1. The van der Waals surface area contributed by atoms with Crippen molar-refractivity contribution >= 4 is 35.5 Å². The maximum absolute atomic E-state index is 14.5. The van der Waals surface area contributed by atoms with Crippen molar-refractivity contribution in [2.45, 2.75) is 98.6 Å². The zero-order valence-corrected chi connectivity index (χ0v) is 35.0. The SMILES string of the molecule is CCC(C)C(C(=O)NC(Cc1ccccc1)C(O)CN(Cc1ccc(NC(C)=O)cc1)NC(=O)C(NC(=O)OC)C(C)(C)C)N1CCN(Cc2cccc(C)n2)C1=O. The summed E-state index contributed by atoms with van der Waals surface area (Å²) < 4.78 is 4.80. The van der Waals surface area contributed by atoms with Crippen LogP contribution in [-0.2, 0) is 38.6 Å². The van der Waals surface area contributed by atoms with Crippen LogP contribution in [0.3, 0.4) is 0 Å². The molecular formula is C43H60N8O7. The first-order valence-corrected chi connectivity index (χ1v) is 19.8. The second-order valence-corrected chi connectivity index (χ2v) is 16.0. The van der Waals surface area contributed by atoms with Gasteiger partial charge in [0.05, 0.1) is 31.5 Å². The molecule has 15 heteroatoms. The third kappa shape index (κ3) is 13.0. The molecule has 5 N–H and O–H groups in total. The van der Waals surface area contributed by atoms with Crippen LogP contribution in [0.15, 0.2) is 72.8 Å². The van der Waals surface area contributed by atoms with Crippen LogP contribution in [0.25, 0.3) is 0 Å². The Morgan fingerprint density at radius 1 is 0.931 bits per heavy atom. The molecule has 0 spiro atoms. The number of hydrazine groups is 1. The number of benzene rings is 2. The number of carbonyl (C=O) groups is 5. The maximum Gasteiger partial charge on any atom is 0.407 e. The van der Waals surface area contributed by atoms with Crippen LogP contribution < -0.4 is 21.4 Å². The fourth-order valence-electron chi connectivity index (χ4n) is 6.93. The van der Waals surface area contributed by atoms with E-state index in [0.29, 0.717) is 31.7 Å². The summed E-state index contributed by atoms with van der Waals surface area (Å²) in [6.45, 7) is 13.7. The number of aryl methyl sites for hydroxylation is 1. The van der Waals surface area contributed by atoms with E-state index >= 15 is 0 Å². The highest BCUT2D eigenvalue weighted by Gasteiger charge is 2.41. The largest absolute Gasteiger partial charge is 0.453 e. The van der Waals surface area contributed by atoms with Crippen molar-refractivity contribution in [2.24, 2.45) is 11.3 Å². The van der Waals surface area contributed by atoms with E-state index in [1.54, 1.807) is 54.8 Å². The zero-order valence-electron chi connectivity index (χ0n) is 35.0. The molecule has 1 saturated heterocycles. The zero-order chi connectivity index (χ0) is 42.6. The molecule has 0 aliphatic carbocycles. The van der Waals surface area contributed by atoms with Crippen molar-refractivity contribution < 1.29 is 33.8 Å². The van der Waals surface area contributed by atoms with Crippen LogP contribution in [0.4, 0.5) is 15.3 Å². The molecule has 0 saturated carbocycles. The number of rotatable bonds is 18. The molecule has 314 valence electrons. The molecule has 3 aromatic rings. The van der Waals surface area contributed by atoms with Gasteiger partial charge in [0.2, 0.25) is 11.8 Å². The van der Waals surface area contributed by atoms with Gasteiger partial charge in [0.15, 0.2) is 0 Å². The smallest absolute Gasteiger partial charge is 0.407 e. The first kappa shape index (κ1) is 45.2. The van der Waals surface area contributed by atoms with E-state index in [1.165, 1.54) is 19.0 Å². The highest BCUT2D eigenvalue weighted by atomic mass is 16.5. The summed E-state index contributed by atoms with van der Waals surface area (Å²) >= 11 is 0. The summed E-state index contributed by atoms with van der Waals surface area (Å²) in [5, 5.41) is 22.1. The summed E-state index contributed by atoms with van der Waals surface area (Å²) in [7, 11) is 1.21. The lowest BCUT2D eigenvalue weighted by atomic mass is 9.86. The van der Waals surface area contributed by atoms with Crippen LogP contribution in [0.1, 0.15) is 70.5 Å². The minimum absolute atomic E-state index is 0.119. The van der Waals surface area contributed by atoms with Gasteiger partial charge in [0.1, 0.15) is 12.1 Å². The lowest BCUT2D eigenvalue weighted by molar-refractivity contribution is -0.132. The number of methoxy groups -OCH3 is 1. The van der Waals surface area contributed by atoms with E-state index < -0.39 is 47.6 Å². The Balaban J connectivity index is 1.62. The Morgan fingerprint density at radius 2 is 1.62 bits per heavy atom. The topological polar surface area (TPSA) is 186 Å². The molecule has 58 heavy (non-hydrogen) atoms. The van der Waals surface area contributed by atoms with Gasteiger partial charge in [-0.05, 0) is 60.1 Å². The maximum atomic E-state index is 14.5. The number of pyridine rings is 1. The molecule has 6 amide bonds. The third-order valence-electron chi connectivity index (χ3n) is 10.2. The van der Waals surface area contributed by atoms with Crippen molar-refractivity contribution in [3.8, 4) is 0 Å². The van der Waals surface area contributed by atoms with Crippen molar-refractivity contribution in [3.05, 3.63) is 95.3 Å². The van der Waals surface area contributed by atoms with Crippen LogP contribution in [0.5, 0.6) is 0 Å². The van der Waals surface area contributed by atoms with Gasteiger partial charge in [-0.2, -0.15) is 0 Å². The van der Waals surface area contributed by atoms with E-state index in [2.05, 4.69) is 26.4 Å². The van der Waals surface area contributed by atoms with Crippen molar-refractivity contribution in [1.29, 1.82) is 0 Å². The molecule has 1 fully saturated rings. The molecule has 1 aromatic heterocycles. The molecule has 2 heterocycles. The minimum Gasteiger partial charge on any atom is -0.453 e. The Labute approximate surface area is 341 Å². The fourth-order valence-corrected chi connectivity index (χ4v) is 6.93. The normalized spacial score (nSPS) is 15.6.